The van der Waals surface area contributed by atoms with Gasteiger partial charge in [-0.05, 0) is 0 Å². The minimum absolute atomic E-state index is 0.277. The van der Waals surface area contributed by atoms with Crippen LogP contribution in [0.25, 0.3) is 0 Å². The molecule has 94 valence electrons. The highest BCUT2D eigenvalue weighted by Crippen LogP contribution is 2.24. The summed E-state index contributed by atoms with van der Waals surface area (Å²) in [4.78, 5) is 10.6. The second-order valence-corrected chi connectivity index (χ2v) is 4.72. The summed E-state index contributed by atoms with van der Waals surface area (Å²) in [5, 5.41) is 47.4. The van der Waals surface area contributed by atoms with Crippen molar-refractivity contribution >= 4 is 17.7 Å². The lowest BCUT2D eigenvalue weighted by atomic mass is 10.1. The number of carbonyl (C=O) groups is 1. The number of hydrogen-bond donors (Lipinski definition) is 6. The van der Waals surface area contributed by atoms with E-state index in [0.717, 1.165) is 11.8 Å². The van der Waals surface area contributed by atoms with Crippen LogP contribution in [0.4, 0.5) is 0 Å². The molecule has 16 heavy (non-hydrogen) atoms. The Morgan fingerprint density at radius 3 is 2.50 bits per heavy atom. The summed E-state index contributed by atoms with van der Waals surface area (Å²) < 4.78 is 0. The van der Waals surface area contributed by atoms with Crippen LogP contribution >= 0.6 is 11.8 Å². The Balaban J connectivity index is 2.50. The minimum atomic E-state index is -1.51. The van der Waals surface area contributed by atoms with Crippen molar-refractivity contribution in [3.05, 3.63) is 0 Å². The topological polar surface area (TPSA) is 130 Å². The Hall–Kier alpha value is -0.380. The molecule has 0 spiro atoms. The zero-order valence-electron chi connectivity index (χ0n) is 8.35. The molecule has 0 radical (unpaired) electrons. The van der Waals surface area contributed by atoms with Crippen molar-refractivity contribution in [1.82, 2.24) is 5.32 Å². The predicted octanol–water partition coefficient (Wildman–Crippen LogP) is -2.82. The Morgan fingerprint density at radius 2 is 2.06 bits per heavy atom. The number of aliphatic hydroxyl groups excluding tert-OH is 4. The summed E-state index contributed by atoms with van der Waals surface area (Å²) in [7, 11) is 0. The molecule has 0 bridgehead atoms. The van der Waals surface area contributed by atoms with Gasteiger partial charge in [0.2, 0.25) is 0 Å². The fraction of sp³-hybridized carbons (Fsp3) is 0.875. The van der Waals surface area contributed by atoms with E-state index in [0.29, 0.717) is 0 Å². The first-order valence-electron chi connectivity index (χ1n) is 4.73. The van der Waals surface area contributed by atoms with Crippen LogP contribution in [0.2, 0.25) is 0 Å². The van der Waals surface area contributed by atoms with Crippen molar-refractivity contribution in [2.24, 2.45) is 0 Å². The highest BCUT2D eigenvalue weighted by atomic mass is 32.2. The third-order valence-corrected chi connectivity index (χ3v) is 3.65. The quantitative estimate of drug-likeness (QED) is 0.309. The molecule has 0 saturated carbocycles. The molecular weight excluding hydrogens is 238 g/mol. The summed E-state index contributed by atoms with van der Waals surface area (Å²) in [5.41, 5.74) is 0. The lowest BCUT2D eigenvalue weighted by molar-refractivity contribution is -0.139. The van der Waals surface area contributed by atoms with Gasteiger partial charge in [0.25, 0.3) is 0 Å². The number of aliphatic carboxylic acids is 1. The summed E-state index contributed by atoms with van der Waals surface area (Å²) in [6.07, 6.45) is -4.29. The lowest BCUT2D eigenvalue weighted by Crippen LogP contribution is -2.50. The van der Waals surface area contributed by atoms with E-state index in [2.05, 4.69) is 5.32 Å². The first-order chi connectivity index (χ1) is 7.47. The van der Waals surface area contributed by atoms with Gasteiger partial charge in [0.1, 0.15) is 24.4 Å². The van der Waals surface area contributed by atoms with Crippen LogP contribution in [0, 0.1) is 0 Å². The molecule has 1 heterocycles. The third-order valence-electron chi connectivity index (χ3n) is 2.35. The van der Waals surface area contributed by atoms with Crippen molar-refractivity contribution in [2.75, 3.05) is 12.4 Å². The summed E-state index contributed by atoms with van der Waals surface area (Å²) in [5.74, 6) is -0.752. The summed E-state index contributed by atoms with van der Waals surface area (Å²) >= 11 is 1.15. The van der Waals surface area contributed by atoms with Gasteiger partial charge >= 0.3 is 5.97 Å². The van der Waals surface area contributed by atoms with E-state index in [1.54, 1.807) is 0 Å². The normalized spacial score (nSPS) is 31.0. The number of thioether (sulfide) groups is 1. The average molecular weight is 253 g/mol. The zero-order valence-corrected chi connectivity index (χ0v) is 9.17. The van der Waals surface area contributed by atoms with E-state index in [1.165, 1.54) is 0 Å². The lowest BCUT2D eigenvalue weighted by Gasteiger charge is -2.25. The molecule has 1 fully saturated rings. The first kappa shape index (κ1) is 13.7. The molecule has 1 aliphatic heterocycles. The smallest absolute Gasteiger partial charge is 0.321 e. The first-order valence-corrected chi connectivity index (χ1v) is 5.77. The molecule has 0 aromatic rings. The van der Waals surface area contributed by atoms with E-state index < -0.39 is 42.3 Å². The number of aliphatic hydroxyl groups is 4. The van der Waals surface area contributed by atoms with Crippen LogP contribution in [-0.2, 0) is 4.79 Å². The van der Waals surface area contributed by atoms with Gasteiger partial charge in [0.15, 0.2) is 0 Å². The molecule has 0 amide bonds. The molecule has 1 rings (SSSR count). The van der Waals surface area contributed by atoms with E-state index >= 15 is 0 Å². The molecule has 0 aromatic heterocycles. The maximum atomic E-state index is 10.6. The molecule has 0 aromatic carbocycles. The molecule has 5 atom stereocenters. The second kappa shape index (κ2) is 5.80. The fourth-order valence-corrected chi connectivity index (χ4v) is 2.61. The number of rotatable bonds is 5. The van der Waals surface area contributed by atoms with Gasteiger partial charge < -0.3 is 25.5 Å². The number of nitrogens with one attached hydrogen (secondary N) is 1. The number of carboxylic acid groups (broad SMARTS) is 1. The molecule has 0 aliphatic carbocycles. The van der Waals surface area contributed by atoms with Crippen LogP contribution < -0.4 is 5.32 Å². The van der Waals surface area contributed by atoms with Crippen LogP contribution in [-0.4, -0.2) is 73.6 Å². The van der Waals surface area contributed by atoms with Crippen molar-refractivity contribution < 1.29 is 30.3 Å². The number of carboxylic acids is 1. The summed E-state index contributed by atoms with van der Waals surface area (Å²) in [6.45, 7) is -0.669. The summed E-state index contributed by atoms with van der Waals surface area (Å²) in [6, 6.07) is -0.775. The maximum Gasteiger partial charge on any atom is 0.321 e. The highest BCUT2D eigenvalue weighted by molar-refractivity contribution is 8.00. The zero-order chi connectivity index (χ0) is 12.3. The van der Waals surface area contributed by atoms with Crippen LogP contribution in [0.5, 0.6) is 0 Å². The van der Waals surface area contributed by atoms with Gasteiger partial charge in [-0.15, -0.1) is 11.8 Å². The molecule has 3 unspecified atom stereocenters. The van der Waals surface area contributed by atoms with Gasteiger partial charge in [-0.3, -0.25) is 10.1 Å². The van der Waals surface area contributed by atoms with Crippen molar-refractivity contribution in [2.45, 2.75) is 29.7 Å². The van der Waals surface area contributed by atoms with Gasteiger partial charge in [-0.1, -0.05) is 0 Å². The van der Waals surface area contributed by atoms with Crippen molar-refractivity contribution in [1.29, 1.82) is 0 Å². The predicted molar refractivity (Wildman–Crippen MR) is 55.9 cm³/mol. The van der Waals surface area contributed by atoms with Crippen LogP contribution in [0.3, 0.4) is 0 Å². The standard InChI is InChI=1S/C8H15NO6S/c10-1-4(11)5(12)6(13)7-9-3(2-16-7)8(14)15/h3-7,9-13H,1-2H2,(H,14,15)/t3-,4?,5?,6?,7+/m0/s1. The Bertz CT molecular complexity index is 253. The molecule has 8 heteroatoms. The SMILES string of the molecule is O=C(O)[C@@H]1CS[C@H](C(O)C(O)C(O)CO)N1. The van der Waals surface area contributed by atoms with Crippen LogP contribution in [0.15, 0.2) is 0 Å². The maximum absolute atomic E-state index is 10.6. The van der Waals surface area contributed by atoms with Gasteiger partial charge in [-0.25, -0.2) is 0 Å². The largest absolute Gasteiger partial charge is 0.480 e. The van der Waals surface area contributed by atoms with Gasteiger partial charge in [0, 0.05) is 5.75 Å². The van der Waals surface area contributed by atoms with Crippen molar-refractivity contribution in [3.63, 3.8) is 0 Å². The van der Waals surface area contributed by atoms with E-state index in [-0.39, 0.29) is 5.75 Å². The molecule has 1 aliphatic rings. The average Bonchev–Trinajstić information content (AvgIpc) is 2.75. The van der Waals surface area contributed by atoms with E-state index in [9.17, 15) is 15.0 Å². The third kappa shape index (κ3) is 3.06. The highest BCUT2D eigenvalue weighted by Gasteiger charge is 2.38. The Kier molecular flexibility index (Phi) is 4.96. The molecular formula is C8H15NO6S. The Labute approximate surface area is 96.1 Å². The molecule has 6 N–H and O–H groups in total. The monoisotopic (exact) mass is 253 g/mol. The second-order valence-electron chi connectivity index (χ2n) is 3.54. The minimum Gasteiger partial charge on any atom is -0.480 e. The molecule has 1 saturated heterocycles. The number of hydrogen-bond acceptors (Lipinski definition) is 7. The van der Waals surface area contributed by atoms with Gasteiger partial charge in [-0.2, -0.15) is 0 Å². The van der Waals surface area contributed by atoms with E-state index in [4.69, 9.17) is 15.3 Å². The molecule has 7 nitrogen and oxygen atoms in total. The Morgan fingerprint density at radius 1 is 1.44 bits per heavy atom. The van der Waals surface area contributed by atoms with Crippen LogP contribution in [0.1, 0.15) is 0 Å². The fourth-order valence-electron chi connectivity index (χ4n) is 1.35. The van der Waals surface area contributed by atoms with Gasteiger partial charge in [0.05, 0.1) is 12.0 Å². The van der Waals surface area contributed by atoms with Crippen molar-refractivity contribution in [3.8, 4) is 0 Å². The van der Waals surface area contributed by atoms with E-state index in [1.807, 2.05) is 0 Å².